The predicted molar refractivity (Wildman–Crippen MR) is 87.4 cm³/mol. The van der Waals surface area contributed by atoms with Crippen molar-refractivity contribution in [2.75, 3.05) is 23.7 Å². The molecule has 0 aromatic heterocycles. The van der Waals surface area contributed by atoms with Crippen molar-refractivity contribution in [2.45, 2.75) is 31.4 Å². The molecule has 0 saturated carbocycles. The van der Waals surface area contributed by atoms with E-state index in [1.807, 2.05) is 18.7 Å². The highest BCUT2D eigenvalue weighted by Crippen LogP contribution is 2.37. The van der Waals surface area contributed by atoms with Crippen molar-refractivity contribution in [1.82, 2.24) is 0 Å². The number of nitro benzene ring substituents is 1. The monoisotopic (exact) mass is 346 g/mol. The molecule has 1 heterocycles. The highest BCUT2D eigenvalue weighted by Gasteiger charge is 2.45. The Morgan fingerprint density at radius 2 is 2.00 bits per heavy atom. The van der Waals surface area contributed by atoms with Gasteiger partial charge in [0.2, 0.25) is 0 Å². The van der Waals surface area contributed by atoms with Gasteiger partial charge >= 0.3 is 0 Å². The molecular formula is C14H19ClN2O4S. The zero-order valence-electron chi connectivity index (χ0n) is 12.6. The first kappa shape index (κ1) is 17.0. The summed E-state index contributed by atoms with van der Waals surface area (Å²) in [6, 6.07) is 4.29. The predicted octanol–water partition coefficient (Wildman–Crippen LogP) is 3.04. The van der Waals surface area contributed by atoms with Gasteiger partial charge in [-0.1, -0.05) is 25.4 Å². The van der Waals surface area contributed by atoms with Crippen LogP contribution in [0, 0.1) is 10.1 Å². The normalized spacial score (nSPS) is 19.9. The number of sulfone groups is 1. The second-order valence-corrected chi connectivity index (χ2v) is 8.43. The smallest absolute Gasteiger partial charge is 0.271 e. The fraction of sp³-hybridized carbons (Fsp3) is 0.571. The van der Waals surface area contributed by atoms with Gasteiger partial charge in [0.25, 0.3) is 5.69 Å². The number of nitrogens with zero attached hydrogens (tertiary/aromatic N) is 2. The minimum atomic E-state index is -3.15. The third-order valence-corrected chi connectivity index (χ3v) is 7.59. The van der Waals surface area contributed by atoms with E-state index in [1.54, 1.807) is 6.07 Å². The highest BCUT2D eigenvalue weighted by molar-refractivity contribution is 7.92. The van der Waals surface area contributed by atoms with Crippen LogP contribution in [-0.4, -0.2) is 36.9 Å². The molecule has 0 atom stereocenters. The van der Waals surface area contributed by atoms with E-state index in [-0.39, 0.29) is 16.5 Å². The van der Waals surface area contributed by atoms with Crippen LogP contribution in [0.1, 0.15) is 26.7 Å². The van der Waals surface area contributed by atoms with Crippen LogP contribution in [0.4, 0.5) is 11.4 Å². The zero-order chi connectivity index (χ0) is 16.5. The number of anilines is 1. The van der Waals surface area contributed by atoms with E-state index in [0.29, 0.717) is 31.6 Å². The quantitative estimate of drug-likeness (QED) is 0.618. The van der Waals surface area contributed by atoms with Crippen molar-refractivity contribution in [3.05, 3.63) is 33.3 Å². The van der Waals surface area contributed by atoms with E-state index in [1.165, 1.54) is 12.1 Å². The summed E-state index contributed by atoms with van der Waals surface area (Å²) >= 11 is 6.16. The van der Waals surface area contributed by atoms with E-state index in [4.69, 9.17) is 11.6 Å². The Kier molecular flexibility index (Phi) is 4.67. The van der Waals surface area contributed by atoms with E-state index >= 15 is 0 Å². The van der Waals surface area contributed by atoms with Crippen LogP contribution in [0.2, 0.25) is 5.02 Å². The zero-order valence-corrected chi connectivity index (χ0v) is 14.2. The van der Waals surface area contributed by atoms with Gasteiger partial charge in [0.05, 0.1) is 26.1 Å². The van der Waals surface area contributed by atoms with Crippen LogP contribution in [0.3, 0.4) is 0 Å². The third kappa shape index (κ3) is 2.79. The Hall–Kier alpha value is -1.34. The van der Waals surface area contributed by atoms with Gasteiger partial charge in [-0.05, 0) is 18.9 Å². The molecule has 6 nitrogen and oxygen atoms in total. The lowest BCUT2D eigenvalue weighted by molar-refractivity contribution is -0.384. The van der Waals surface area contributed by atoms with Crippen molar-refractivity contribution in [2.24, 2.45) is 0 Å². The lowest BCUT2D eigenvalue weighted by atomic mass is 10.0. The summed E-state index contributed by atoms with van der Waals surface area (Å²) in [5.74, 6) is 0.0714. The maximum absolute atomic E-state index is 12.4. The third-order valence-electron chi connectivity index (χ3n) is 4.54. The fourth-order valence-electron chi connectivity index (χ4n) is 2.96. The summed E-state index contributed by atoms with van der Waals surface area (Å²) in [5, 5.41) is 11.0. The molecule has 1 fully saturated rings. The Bertz CT molecular complexity index is 686. The Labute approximate surface area is 135 Å². The van der Waals surface area contributed by atoms with Gasteiger partial charge in [0.15, 0.2) is 9.84 Å². The summed E-state index contributed by atoms with van der Waals surface area (Å²) in [5.41, 5.74) is 0.573. The van der Waals surface area contributed by atoms with Crippen molar-refractivity contribution in [3.63, 3.8) is 0 Å². The lowest BCUT2D eigenvalue weighted by Crippen LogP contribution is -2.56. The van der Waals surface area contributed by atoms with Crippen LogP contribution >= 0.6 is 11.6 Å². The van der Waals surface area contributed by atoms with Gasteiger partial charge in [0, 0.05) is 25.2 Å². The molecule has 0 amide bonds. The average Bonchev–Trinajstić information content (AvgIpc) is 2.47. The first-order valence-corrected chi connectivity index (χ1v) is 9.20. The Balaban J connectivity index is 2.37. The first-order chi connectivity index (χ1) is 10.3. The molecular weight excluding hydrogens is 328 g/mol. The number of halogens is 1. The van der Waals surface area contributed by atoms with E-state index in [9.17, 15) is 18.5 Å². The molecule has 1 saturated heterocycles. The van der Waals surface area contributed by atoms with Gasteiger partial charge in [-0.3, -0.25) is 10.1 Å². The maximum Gasteiger partial charge on any atom is 0.271 e. The molecule has 1 aliphatic heterocycles. The van der Waals surface area contributed by atoms with Crippen molar-refractivity contribution < 1.29 is 13.3 Å². The molecule has 0 unspecified atom stereocenters. The second-order valence-electron chi connectivity index (χ2n) is 5.52. The second kappa shape index (κ2) is 6.04. The molecule has 0 N–H and O–H groups in total. The van der Waals surface area contributed by atoms with E-state index in [0.717, 1.165) is 0 Å². The number of benzene rings is 1. The van der Waals surface area contributed by atoms with E-state index < -0.39 is 19.5 Å². The van der Waals surface area contributed by atoms with Gasteiger partial charge in [-0.25, -0.2) is 8.42 Å². The van der Waals surface area contributed by atoms with Gasteiger partial charge in [-0.2, -0.15) is 0 Å². The molecule has 2 rings (SSSR count). The Morgan fingerprint density at radius 1 is 1.36 bits per heavy atom. The molecule has 8 heteroatoms. The molecule has 0 radical (unpaired) electrons. The standard InChI is InChI=1S/C14H19ClN2O4S/c1-3-14(4-2)10-16(7-8-22(14,20)21)13-6-5-11(17(18)19)9-12(13)15/h5-6,9H,3-4,7-8,10H2,1-2H3. The molecule has 0 aliphatic carbocycles. The molecule has 0 spiro atoms. The molecule has 0 bridgehead atoms. The van der Waals surface area contributed by atoms with Crippen LogP contribution in [0.25, 0.3) is 0 Å². The molecule has 1 aliphatic rings. The summed E-state index contributed by atoms with van der Waals surface area (Å²) in [6.45, 7) is 4.46. The van der Waals surface area contributed by atoms with Crippen LogP contribution in [0.15, 0.2) is 18.2 Å². The topological polar surface area (TPSA) is 80.5 Å². The van der Waals surface area contributed by atoms with Gasteiger partial charge in [0.1, 0.15) is 0 Å². The minimum Gasteiger partial charge on any atom is -0.368 e. The Morgan fingerprint density at radius 3 is 2.50 bits per heavy atom. The maximum atomic E-state index is 12.4. The van der Waals surface area contributed by atoms with Crippen LogP contribution in [-0.2, 0) is 9.84 Å². The fourth-order valence-corrected chi connectivity index (χ4v) is 5.38. The van der Waals surface area contributed by atoms with Crippen molar-refractivity contribution in [1.29, 1.82) is 0 Å². The van der Waals surface area contributed by atoms with Gasteiger partial charge < -0.3 is 4.90 Å². The van der Waals surface area contributed by atoms with Crippen molar-refractivity contribution >= 4 is 32.8 Å². The summed E-state index contributed by atoms with van der Waals surface area (Å²) in [7, 11) is -3.15. The first-order valence-electron chi connectivity index (χ1n) is 7.17. The minimum absolute atomic E-state index is 0.0714. The molecule has 1 aromatic rings. The van der Waals surface area contributed by atoms with E-state index in [2.05, 4.69) is 0 Å². The summed E-state index contributed by atoms with van der Waals surface area (Å²) in [4.78, 5) is 12.2. The lowest BCUT2D eigenvalue weighted by Gasteiger charge is -2.42. The number of hydrogen-bond donors (Lipinski definition) is 0. The largest absolute Gasteiger partial charge is 0.368 e. The van der Waals surface area contributed by atoms with Gasteiger partial charge in [-0.15, -0.1) is 0 Å². The van der Waals surface area contributed by atoms with Crippen LogP contribution < -0.4 is 4.90 Å². The molecule has 122 valence electrons. The summed E-state index contributed by atoms with van der Waals surface area (Å²) in [6.07, 6.45) is 1.07. The van der Waals surface area contributed by atoms with Crippen LogP contribution in [0.5, 0.6) is 0 Å². The molecule has 1 aromatic carbocycles. The average molecular weight is 347 g/mol. The van der Waals surface area contributed by atoms with Crippen molar-refractivity contribution in [3.8, 4) is 0 Å². The number of non-ortho nitro benzene ring substituents is 1. The summed E-state index contributed by atoms with van der Waals surface area (Å²) < 4.78 is 24.1. The molecule has 22 heavy (non-hydrogen) atoms. The highest BCUT2D eigenvalue weighted by atomic mass is 35.5. The number of rotatable bonds is 4. The number of hydrogen-bond acceptors (Lipinski definition) is 5. The SMILES string of the molecule is CCC1(CC)CN(c2ccc([N+](=O)[O-])cc2Cl)CCS1(=O)=O. The number of nitro groups is 1.